The number of primary amides is 1. The van der Waals surface area contributed by atoms with Crippen molar-refractivity contribution in [1.29, 1.82) is 0 Å². The average Bonchev–Trinajstić information content (AvgIpc) is 2.62. The van der Waals surface area contributed by atoms with Gasteiger partial charge in [0.05, 0.1) is 12.5 Å². The summed E-state index contributed by atoms with van der Waals surface area (Å²) in [5.41, 5.74) is 7.28. The lowest BCUT2D eigenvalue weighted by atomic mass is 9.94. The largest absolute Gasteiger partial charge is 0.354 e. The molecule has 1 heterocycles. The van der Waals surface area contributed by atoms with Gasteiger partial charge in [0.1, 0.15) is 0 Å². The third-order valence-electron chi connectivity index (χ3n) is 5.84. The Morgan fingerprint density at radius 3 is 2.43 bits per heavy atom. The number of likely N-dealkylation sites (tertiary alicyclic amines) is 1. The van der Waals surface area contributed by atoms with E-state index in [2.05, 4.69) is 36.3 Å². The van der Waals surface area contributed by atoms with Crippen molar-refractivity contribution in [3.05, 3.63) is 35.4 Å². The van der Waals surface area contributed by atoms with Crippen molar-refractivity contribution in [3.63, 3.8) is 0 Å². The van der Waals surface area contributed by atoms with Gasteiger partial charge in [-0.3, -0.25) is 9.69 Å². The number of nitrogens with zero attached hydrogens (tertiary/aromatic N) is 1. The Balaban J connectivity index is 1.97. The van der Waals surface area contributed by atoms with Crippen LogP contribution in [-0.2, 0) is 4.79 Å². The van der Waals surface area contributed by atoms with Gasteiger partial charge >= 0.3 is 6.03 Å². The van der Waals surface area contributed by atoms with Gasteiger partial charge in [-0.15, -0.1) is 0 Å². The number of aryl methyl sites for hydroxylation is 1. The molecule has 2 atom stereocenters. The lowest BCUT2D eigenvalue weighted by Crippen LogP contribution is -2.50. The quantitative estimate of drug-likeness (QED) is 0.640. The molecule has 1 aliphatic heterocycles. The van der Waals surface area contributed by atoms with E-state index in [1.165, 1.54) is 12.8 Å². The van der Waals surface area contributed by atoms with Gasteiger partial charge in [-0.05, 0) is 55.8 Å². The first-order chi connectivity index (χ1) is 13.3. The monoisotopic (exact) mass is 388 g/mol. The van der Waals surface area contributed by atoms with E-state index in [1.54, 1.807) is 0 Å². The fourth-order valence-electron chi connectivity index (χ4n) is 4.01. The molecule has 0 saturated carbocycles. The molecule has 0 bridgehead atoms. The Morgan fingerprint density at radius 1 is 1.21 bits per heavy atom. The molecule has 1 aliphatic rings. The molecule has 0 aromatic heterocycles. The van der Waals surface area contributed by atoms with Crippen molar-refractivity contribution in [3.8, 4) is 0 Å². The van der Waals surface area contributed by atoms with E-state index >= 15 is 0 Å². The Morgan fingerprint density at radius 2 is 1.86 bits per heavy atom. The van der Waals surface area contributed by atoms with Gasteiger partial charge in [-0.1, -0.05) is 45.0 Å². The summed E-state index contributed by atoms with van der Waals surface area (Å²) in [4.78, 5) is 26.6. The van der Waals surface area contributed by atoms with Crippen LogP contribution in [0.5, 0.6) is 0 Å². The lowest BCUT2D eigenvalue weighted by Gasteiger charge is -2.39. The van der Waals surface area contributed by atoms with Gasteiger partial charge in [0.2, 0.25) is 5.91 Å². The number of piperidine rings is 1. The second kappa shape index (κ2) is 10.5. The first-order valence-electron chi connectivity index (χ1n) is 10.4. The zero-order valence-corrected chi connectivity index (χ0v) is 17.7. The number of benzene rings is 1. The van der Waals surface area contributed by atoms with E-state index < -0.39 is 12.1 Å². The zero-order chi connectivity index (χ0) is 20.7. The number of nitrogens with two attached hydrogens (primary N) is 1. The number of urea groups is 1. The van der Waals surface area contributed by atoms with Crippen LogP contribution >= 0.6 is 0 Å². The fraction of sp³-hybridized carbons (Fsp3) is 0.636. The molecule has 1 aromatic rings. The number of carbonyl (C=O) groups is 2. The van der Waals surface area contributed by atoms with Crippen LogP contribution in [0.25, 0.3) is 0 Å². The highest BCUT2D eigenvalue weighted by molar-refractivity contribution is 5.79. The van der Waals surface area contributed by atoms with Crippen LogP contribution in [0.2, 0.25) is 0 Å². The van der Waals surface area contributed by atoms with Gasteiger partial charge in [0.25, 0.3) is 0 Å². The number of rotatable bonds is 8. The molecule has 1 aromatic carbocycles. The standard InChI is InChI=1S/C22H36N4O2/c1-15(2)20(26-11-9-16(3)10-12-26)14-24-21(27)13-19(25-22(23)28)18-8-6-5-7-17(18)4/h5-8,15-16,19-20H,9-14H2,1-4H3,(H,24,27)(H3,23,25,28). The molecule has 0 aliphatic carbocycles. The highest BCUT2D eigenvalue weighted by atomic mass is 16.2. The third-order valence-corrected chi connectivity index (χ3v) is 5.84. The number of nitrogens with one attached hydrogen (secondary N) is 2. The molecular formula is C22H36N4O2. The van der Waals surface area contributed by atoms with Gasteiger partial charge in [0, 0.05) is 12.6 Å². The Labute approximate surface area is 169 Å². The molecule has 2 unspecified atom stereocenters. The molecule has 2 rings (SSSR count). The summed E-state index contributed by atoms with van der Waals surface area (Å²) in [5.74, 6) is 1.18. The van der Waals surface area contributed by atoms with Crippen molar-refractivity contribution in [2.75, 3.05) is 19.6 Å². The highest BCUT2D eigenvalue weighted by Crippen LogP contribution is 2.22. The van der Waals surface area contributed by atoms with Crippen LogP contribution < -0.4 is 16.4 Å². The summed E-state index contributed by atoms with van der Waals surface area (Å²) in [6.45, 7) is 11.5. The summed E-state index contributed by atoms with van der Waals surface area (Å²) in [6, 6.07) is 7.02. The number of amides is 3. The number of hydrogen-bond donors (Lipinski definition) is 3. The normalized spacial score (nSPS) is 17.9. The molecule has 156 valence electrons. The maximum atomic E-state index is 12.7. The first-order valence-corrected chi connectivity index (χ1v) is 10.4. The molecule has 3 amide bonds. The Hall–Kier alpha value is -2.08. The Bertz CT molecular complexity index is 654. The van der Waals surface area contributed by atoms with Crippen molar-refractivity contribution in [2.24, 2.45) is 17.6 Å². The van der Waals surface area contributed by atoms with Crippen LogP contribution in [-0.4, -0.2) is 42.5 Å². The van der Waals surface area contributed by atoms with E-state index in [4.69, 9.17) is 5.73 Å². The highest BCUT2D eigenvalue weighted by Gasteiger charge is 2.26. The van der Waals surface area contributed by atoms with E-state index in [-0.39, 0.29) is 12.3 Å². The molecule has 6 heteroatoms. The smallest absolute Gasteiger partial charge is 0.312 e. The van der Waals surface area contributed by atoms with Gasteiger partial charge in [-0.2, -0.15) is 0 Å². The summed E-state index contributed by atoms with van der Waals surface area (Å²) in [6.07, 6.45) is 2.61. The molecule has 6 nitrogen and oxygen atoms in total. The van der Waals surface area contributed by atoms with E-state index in [1.807, 2.05) is 31.2 Å². The topological polar surface area (TPSA) is 87.5 Å². The number of carbonyl (C=O) groups excluding carboxylic acids is 2. The van der Waals surface area contributed by atoms with Gasteiger partial charge in [-0.25, -0.2) is 4.79 Å². The van der Waals surface area contributed by atoms with Crippen molar-refractivity contribution in [1.82, 2.24) is 15.5 Å². The van der Waals surface area contributed by atoms with Crippen molar-refractivity contribution < 1.29 is 9.59 Å². The van der Waals surface area contributed by atoms with Crippen molar-refractivity contribution in [2.45, 2.75) is 59.0 Å². The molecule has 1 saturated heterocycles. The Kier molecular flexibility index (Phi) is 8.30. The molecule has 28 heavy (non-hydrogen) atoms. The predicted molar refractivity (Wildman–Crippen MR) is 113 cm³/mol. The summed E-state index contributed by atoms with van der Waals surface area (Å²) < 4.78 is 0. The molecular weight excluding hydrogens is 352 g/mol. The molecule has 1 fully saturated rings. The average molecular weight is 389 g/mol. The lowest BCUT2D eigenvalue weighted by molar-refractivity contribution is -0.122. The van der Waals surface area contributed by atoms with Crippen LogP contribution in [0.15, 0.2) is 24.3 Å². The zero-order valence-electron chi connectivity index (χ0n) is 17.7. The van der Waals surface area contributed by atoms with E-state index in [0.29, 0.717) is 18.5 Å². The van der Waals surface area contributed by atoms with Crippen LogP contribution in [0.1, 0.15) is 57.2 Å². The van der Waals surface area contributed by atoms with E-state index in [9.17, 15) is 9.59 Å². The van der Waals surface area contributed by atoms with E-state index in [0.717, 1.165) is 30.1 Å². The van der Waals surface area contributed by atoms with Crippen LogP contribution in [0.4, 0.5) is 4.79 Å². The fourth-order valence-corrected chi connectivity index (χ4v) is 4.01. The van der Waals surface area contributed by atoms with Crippen LogP contribution in [0.3, 0.4) is 0 Å². The van der Waals surface area contributed by atoms with Crippen molar-refractivity contribution >= 4 is 11.9 Å². The van der Waals surface area contributed by atoms with Gasteiger partial charge < -0.3 is 16.4 Å². The minimum absolute atomic E-state index is 0.0713. The predicted octanol–water partition coefficient (Wildman–Crippen LogP) is 2.97. The minimum Gasteiger partial charge on any atom is -0.354 e. The number of hydrogen-bond acceptors (Lipinski definition) is 3. The first kappa shape index (κ1) is 22.2. The minimum atomic E-state index is -0.622. The summed E-state index contributed by atoms with van der Waals surface area (Å²) in [5, 5.41) is 5.81. The maximum absolute atomic E-state index is 12.7. The molecule has 0 radical (unpaired) electrons. The summed E-state index contributed by atoms with van der Waals surface area (Å²) >= 11 is 0. The van der Waals surface area contributed by atoms with Crippen LogP contribution in [0, 0.1) is 18.8 Å². The third kappa shape index (κ3) is 6.51. The summed E-state index contributed by atoms with van der Waals surface area (Å²) in [7, 11) is 0. The second-order valence-electron chi connectivity index (χ2n) is 8.46. The van der Waals surface area contributed by atoms with Gasteiger partial charge in [0.15, 0.2) is 0 Å². The second-order valence-corrected chi connectivity index (χ2v) is 8.46. The SMILES string of the molecule is Cc1ccccc1C(CC(=O)NCC(C(C)C)N1CCC(C)CC1)NC(N)=O. The molecule has 4 N–H and O–H groups in total. The maximum Gasteiger partial charge on any atom is 0.312 e. The molecule has 0 spiro atoms.